The van der Waals surface area contributed by atoms with E-state index in [0.29, 0.717) is 5.69 Å². The summed E-state index contributed by atoms with van der Waals surface area (Å²) >= 11 is 0. The van der Waals surface area contributed by atoms with Gasteiger partial charge in [0.1, 0.15) is 0 Å². The number of oxime groups is 1. The molecule has 1 rings (SSSR count). The van der Waals surface area contributed by atoms with Crippen molar-refractivity contribution < 1.29 is 10.3 Å². The summed E-state index contributed by atoms with van der Waals surface area (Å²) in [5.41, 5.74) is 1.71. The minimum atomic E-state index is 0.186. The van der Waals surface area contributed by atoms with Crippen LogP contribution in [0.5, 0.6) is 0 Å². The summed E-state index contributed by atoms with van der Waals surface area (Å²) in [6.45, 7) is 0.186. The quantitative estimate of drug-likeness (QED) is 0.409. The van der Waals surface area contributed by atoms with Crippen LogP contribution < -0.4 is 0 Å². The summed E-state index contributed by atoms with van der Waals surface area (Å²) in [5.74, 6) is 0. The Hall–Kier alpha value is -1.42. The first-order chi connectivity index (χ1) is 6.36. The molecular formula is C9H12N2O2. The number of hydrogen-bond acceptors (Lipinski definition) is 4. The van der Waals surface area contributed by atoms with Crippen molar-refractivity contribution in [1.29, 1.82) is 0 Å². The molecule has 4 heteroatoms. The van der Waals surface area contributed by atoms with Crippen LogP contribution in [0.15, 0.2) is 23.5 Å². The fraction of sp³-hybridized carbons (Fsp3) is 0.333. The van der Waals surface area contributed by atoms with Crippen LogP contribution in [-0.2, 0) is 6.42 Å². The van der Waals surface area contributed by atoms with Gasteiger partial charge in [0.25, 0.3) is 0 Å². The van der Waals surface area contributed by atoms with Gasteiger partial charge in [-0.15, -0.1) is 0 Å². The van der Waals surface area contributed by atoms with Crippen molar-refractivity contribution in [1.82, 2.24) is 4.98 Å². The predicted octanol–water partition coefficient (Wildman–Crippen LogP) is 0.815. The third-order valence-electron chi connectivity index (χ3n) is 1.66. The Morgan fingerprint density at radius 2 is 2.38 bits per heavy atom. The summed E-state index contributed by atoms with van der Waals surface area (Å²) < 4.78 is 0. The minimum absolute atomic E-state index is 0.186. The molecule has 1 heterocycles. The van der Waals surface area contributed by atoms with E-state index in [9.17, 15) is 0 Å². The van der Waals surface area contributed by atoms with Gasteiger partial charge >= 0.3 is 0 Å². The summed E-state index contributed by atoms with van der Waals surface area (Å²) in [5, 5.41) is 19.8. The maximum atomic E-state index is 8.62. The van der Waals surface area contributed by atoms with Crippen LogP contribution in [0.1, 0.15) is 17.7 Å². The van der Waals surface area contributed by atoms with E-state index in [2.05, 4.69) is 10.1 Å². The van der Waals surface area contributed by atoms with Crippen molar-refractivity contribution in [2.24, 2.45) is 5.16 Å². The molecule has 0 radical (unpaired) electrons. The van der Waals surface area contributed by atoms with Crippen LogP contribution in [0.3, 0.4) is 0 Å². The van der Waals surface area contributed by atoms with Crippen LogP contribution in [0.4, 0.5) is 0 Å². The molecule has 70 valence electrons. The molecule has 0 atom stereocenters. The number of hydrogen-bond donors (Lipinski definition) is 2. The molecule has 0 aliphatic heterocycles. The highest BCUT2D eigenvalue weighted by Gasteiger charge is 1.94. The van der Waals surface area contributed by atoms with E-state index in [-0.39, 0.29) is 6.61 Å². The Labute approximate surface area is 76.5 Å². The van der Waals surface area contributed by atoms with Crippen molar-refractivity contribution >= 4 is 6.21 Å². The molecule has 0 aromatic carbocycles. The highest BCUT2D eigenvalue weighted by atomic mass is 16.4. The first-order valence-corrected chi connectivity index (χ1v) is 4.10. The third-order valence-corrected chi connectivity index (χ3v) is 1.66. The zero-order valence-electron chi connectivity index (χ0n) is 7.22. The number of nitrogens with zero attached hydrogens (tertiary/aromatic N) is 2. The standard InChI is InChI=1S/C9H12N2O2/c12-5-1-2-8-3-4-10-9(6-8)7-11-13/h3-4,6-7,12-13H,1-2,5H2/b11-7+. The lowest BCUT2D eigenvalue weighted by molar-refractivity contribution is 0.288. The van der Waals surface area contributed by atoms with E-state index in [0.717, 1.165) is 18.4 Å². The average molecular weight is 180 g/mol. The van der Waals surface area contributed by atoms with Gasteiger partial charge in [0.15, 0.2) is 0 Å². The normalized spacial score (nSPS) is 10.8. The first kappa shape index (κ1) is 9.67. The molecule has 0 bridgehead atoms. The Bertz CT molecular complexity index is 287. The van der Waals surface area contributed by atoms with E-state index >= 15 is 0 Å². The number of aryl methyl sites for hydroxylation is 1. The van der Waals surface area contributed by atoms with Crippen molar-refractivity contribution in [3.8, 4) is 0 Å². The fourth-order valence-corrected chi connectivity index (χ4v) is 1.06. The number of aliphatic hydroxyl groups is 1. The van der Waals surface area contributed by atoms with Crippen LogP contribution >= 0.6 is 0 Å². The highest BCUT2D eigenvalue weighted by Crippen LogP contribution is 2.03. The molecule has 0 unspecified atom stereocenters. The SMILES string of the molecule is OCCCc1ccnc(/C=N/O)c1. The number of pyridine rings is 1. The smallest absolute Gasteiger partial charge is 0.0918 e. The van der Waals surface area contributed by atoms with E-state index < -0.39 is 0 Å². The molecule has 0 spiro atoms. The molecule has 0 saturated heterocycles. The minimum Gasteiger partial charge on any atom is -0.411 e. The molecule has 1 aromatic heterocycles. The number of rotatable bonds is 4. The second-order valence-electron chi connectivity index (χ2n) is 2.66. The van der Waals surface area contributed by atoms with Gasteiger partial charge in [-0.25, -0.2) is 0 Å². The van der Waals surface area contributed by atoms with Gasteiger partial charge in [-0.3, -0.25) is 4.98 Å². The predicted molar refractivity (Wildman–Crippen MR) is 49.0 cm³/mol. The summed E-state index contributed by atoms with van der Waals surface area (Å²) in [6, 6.07) is 3.71. The van der Waals surface area contributed by atoms with Crippen molar-refractivity contribution in [2.45, 2.75) is 12.8 Å². The number of aliphatic hydroxyl groups excluding tert-OH is 1. The Kier molecular flexibility index (Phi) is 3.92. The molecule has 0 amide bonds. The van der Waals surface area contributed by atoms with Gasteiger partial charge in [0.2, 0.25) is 0 Å². The van der Waals surface area contributed by atoms with Gasteiger partial charge in [-0.2, -0.15) is 0 Å². The first-order valence-electron chi connectivity index (χ1n) is 4.10. The molecule has 2 N–H and O–H groups in total. The van der Waals surface area contributed by atoms with E-state index in [1.54, 1.807) is 6.20 Å². The van der Waals surface area contributed by atoms with Gasteiger partial charge in [-0.05, 0) is 30.5 Å². The second-order valence-corrected chi connectivity index (χ2v) is 2.66. The summed E-state index contributed by atoms with van der Waals surface area (Å²) in [4.78, 5) is 3.97. The molecule has 0 aliphatic carbocycles. The van der Waals surface area contributed by atoms with Gasteiger partial charge in [0, 0.05) is 12.8 Å². The average Bonchev–Trinajstić information content (AvgIpc) is 2.16. The Morgan fingerprint density at radius 1 is 1.54 bits per heavy atom. The third kappa shape index (κ3) is 3.21. The van der Waals surface area contributed by atoms with Crippen LogP contribution in [0, 0.1) is 0 Å². The second kappa shape index (κ2) is 5.27. The van der Waals surface area contributed by atoms with E-state index in [1.165, 1.54) is 6.21 Å². The monoisotopic (exact) mass is 180 g/mol. The maximum absolute atomic E-state index is 8.62. The Morgan fingerprint density at radius 3 is 3.08 bits per heavy atom. The Balaban J connectivity index is 2.67. The van der Waals surface area contributed by atoms with Gasteiger partial charge < -0.3 is 10.3 Å². The molecule has 0 saturated carbocycles. The summed E-state index contributed by atoms with van der Waals surface area (Å²) in [6.07, 6.45) is 4.48. The fourth-order valence-electron chi connectivity index (χ4n) is 1.06. The summed E-state index contributed by atoms with van der Waals surface area (Å²) in [7, 11) is 0. The van der Waals surface area contributed by atoms with Crippen LogP contribution in [0.2, 0.25) is 0 Å². The van der Waals surface area contributed by atoms with Crippen molar-refractivity contribution in [2.75, 3.05) is 6.61 Å². The number of aromatic nitrogens is 1. The molecule has 0 fully saturated rings. The van der Waals surface area contributed by atoms with E-state index in [1.807, 2.05) is 12.1 Å². The molecule has 4 nitrogen and oxygen atoms in total. The van der Waals surface area contributed by atoms with Crippen LogP contribution in [0.25, 0.3) is 0 Å². The largest absolute Gasteiger partial charge is 0.411 e. The topological polar surface area (TPSA) is 65.7 Å². The molecule has 0 aliphatic rings. The molecular weight excluding hydrogens is 168 g/mol. The lowest BCUT2D eigenvalue weighted by Gasteiger charge is -1.99. The lowest BCUT2D eigenvalue weighted by atomic mass is 10.1. The van der Waals surface area contributed by atoms with Crippen molar-refractivity contribution in [3.05, 3.63) is 29.6 Å². The van der Waals surface area contributed by atoms with Crippen LogP contribution in [-0.4, -0.2) is 28.1 Å². The zero-order chi connectivity index (χ0) is 9.52. The highest BCUT2D eigenvalue weighted by molar-refractivity contribution is 5.76. The maximum Gasteiger partial charge on any atom is 0.0918 e. The lowest BCUT2D eigenvalue weighted by Crippen LogP contribution is -1.93. The molecule has 13 heavy (non-hydrogen) atoms. The van der Waals surface area contributed by atoms with E-state index in [4.69, 9.17) is 10.3 Å². The molecule has 1 aromatic rings. The zero-order valence-corrected chi connectivity index (χ0v) is 7.22. The van der Waals surface area contributed by atoms with Gasteiger partial charge in [-0.1, -0.05) is 5.16 Å². The van der Waals surface area contributed by atoms with Gasteiger partial charge in [0.05, 0.1) is 11.9 Å². The van der Waals surface area contributed by atoms with Crippen molar-refractivity contribution in [3.63, 3.8) is 0 Å².